The number of H-pyrrole nitrogens is 1. The highest BCUT2D eigenvalue weighted by atomic mass is 32.2. The molecule has 2 aromatic rings. The Labute approximate surface area is 108 Å². The van der Waals surface area contributed by atoms with E-state index in [1.54, 1.807) is 24.3 Å². The molecule has 0 aliphatic heterocycles. The van der Waals surface area contributed by atoms with Gasteiger partial charge < -0.3 is 9.84 Å². The molecule has 0 unspecified atom stereocenters. The predicted molar refractivity (Wildman–Crippen MR) is 68.6 cm³/mol. The summed E-state index contributed by atoms with van der Waals surface area (Å²) >= 11 is 1.36. The summed E-state index contributed by atoms with van der Waals surface area (Å²) in [6, 6.07) is 6.83. The lowest BCUT2D eigenvalue weighted by Crippen LogP contribution is -2.02. The van der Waals surface area contributed by atoms with Crippen LogP contribution >= 0.6 is 11.8 Å². The Morgan fingerprint density at radius 3 is 2.83 bits per heavy atom. The van der Waals surface area contributed by atoms with Crippen molar-refractivity contribution in [3.63, 3.8) is 0 Å². The van der Waals surface area contributed by atoms with Gasteiger partial charge in [0, 0.05) is 16.7 Å². The number of hydrogen-bond donors (Lipinski definition) is 2. The molecule has 0 saturated carbocycles. The number of aromatic amines is 1. The van der Waals surface area contributed by atoms with Crippen molar-refractivity contribution in [1.29, 1.82) is 0 Å². The van der Waals surface area contributed by atoms with Crippen LogP contribution in [0.3, 0.4) is 0 Å². The molecular weight excluding hydrogens is 252 g/mol. The average molecular weight is 264 g/mol. The number of hydrogen-bond acceptors (Lipinski definition) is 4. The van der Waals surface area contributed by atoms with E-state index in [2.05, 4.69) is 10.2 Å². The van der Waals surface area contributed by atoms with Gasteiger partial charge in [0.1, 0.15) is 11.3 Å². The molecule has 1 aromatic heterocycles. The molecule has 2 rings (SSSR count). The molecular formula is C12H12N2O3S. The smallest absolute Gasteiger partial charge is 0.340 e. The van der Waals surface area contributed by atoms with Gasteiger partial charge in [-0.3, -0.25) is 5.10 Å². The summed E-state index contributed by atoms with van der Waals surface area (Å²) in [5.74, 6) is -0.365. The van der Waals surface area contributed by atoms with Crippen LogP contribution in [-0.2, 0) is 0 Å². The fourth-order valence-corrected chi connectivity index (χ4v) is 2.14. The first kappa shape index (κ1) is 12.5. The SMILES string of the molecule is CSc1cccc(Oc2cc(C)[nH]n2)c1C(=O)O. The highest BCUT2D eigenvalue weighted by Gasteiger charge is 2.17. The van der Waals surface area contributed by atoms with Gasteiger partial charge in [-0.15, -0.1) is 16.9 Å². The number of thioether (sulfide) groups is 1. The summed E-state index contributed by atoms with van der Waals surface area (Å²) < 4.78 is 5.50. The standard InChI is InChI=1S/C12H12N2O3S/c1-7-6-10(14-13-7)17-8-4-3-5-9(18-2)11(8)12(15)16/h3-6H,1-2H3,(H,13,14)(H,15,16). The maximum absolute atomic E-state index is 11.3. The summed E-state index contributed by atoms with van der Waals surface area (Å²) in [6.45, 7) is 1.84. The zero-order valence-electron chi connectivity index (χ0n) is 9.93. The van der Waals surface area contributed by atoms with Gasteiger partial charge in [-0.25, -0.2) is 4.79 Å². The molecule has 0 spiro atoms. The summed E-state index contributed by atoms with van der Waals surface area (Å²) in [4.78, 5) is 11.9. The van der Waals surface area contributed by atoms with Crippen LogP contribution in [0.15, 0.2) is 29.2 Å². The fraction of sp³-hybridized carbons (Fsp3) is 0.167. The number of aromatic nitrogens is 2. The minimum atomic E-state index is -1.01. The second-order valence-corrected chi connectivity index (χ2v) is 4.48. The number of aromatic carboxylic acids is 1. The van der Waals surface area contributed by atoms with E-state index in [1.165, 1.54) is 11.8 Å². The Kier molecular flexibility index (Phi) is 3.57. The van der Waals surface area contributed by atoms with Gasteiger partial charge in [0.15, 0.2) is 0 Å². The second-order valence-electron chi connectivity index (χ2n) is 3.63. The van der Waals surface area contributed by atoms with Gasteiger partial charge in [0.25, 0.3) is 0 Å². The highest BCUT2D eigenvalue weighted by Crippen LogP contribution is 2.31. The number of carboxylic acids is 1. The van der Waals surface area contributed by atoms with Gasteiger partial charge in [-0.2, -0.15) is 0 Å². The van der Waals surface area contributed by atoms with Crippen LogP contribution < -0.4 is 4.74 Å². The van der Waals surface area contributed by atoms with Crippen molar-refractivity contribution in [2.45, 2.75) is 11.8 Å². The van der Waals surface area contributed by atoms with Crippen LogP contribution in [0.25, 0.3) is 0 Å². The van der Waals surface area contributed by atoms with Gasteiger partial charge in [-0.05, 0) is 25.3 Å². The van der Waals surface area contributed by atoms with E-state index in [0.717, 1.165) is 5.69 Å². The van der Waals surface area contributed by atoms with E-state index < -0.39 is 5.97 Å². The van der Waals surface area contributed by atoms with Crippen molar-refractivity contribution in [3.8, 4) is 11.6 Å². The number of nitrogens with zero attached hydrogens (tertiary/aromatic N) is 1. The third-order valence-electron chi connectivity index (χ3n) is 2.32. The van der Waals surface area contributed by atoms with Crippen LogP contribution in [0.5, 0.6) is 11.6 Å². The van der Waals surface area contributed by atoms with Gasteiger partial charge in [-0.1, -0.05) is 6.07 Å². The molecule has 0 aliphatic carbocycles. The van der Waals surface area contributed by atoms with E-state index in [9.17, 15) is 9.90 Å². The molecule has 0 bridgehead atoms. The summed E-state index contributed by atoms with van der Waals surface area (Å²) in [5, 5.41) is 15.9. The molecule has 0 atom stereocenters. The average Bonchev–Trinajstić information content (AvgIpc) is 2.74. The van der Waals surface area contributed by atoms with Crippen molar-refractivity contribution in [1.82, 2.24) is 10.2 Å². The molecule has 0 radical (unpaired) electrons. The first-order valence-electron chi connectivity index (χ1n) is 5.22. The summed E-state index contributed by atoms with van der Waals surface area (Å²) in [7, 11) is 0. The zero-order valence-corrected chi connectivity index (χ0v) is 10.7. The number of aryl methyl sites for hydroxylation is 1. The summed E-state index contributed by atoms with van der Waals surface area (Å²) in [5.41, 5.74) is 1.01. The van der Waals surface area contributed by atoms with Crippen molar-refractivity contribution >= 4 is 17.7 Å². The van der Waals surface area contributed by atoms with E-state index in [4.69, 9.17) is 4.74 Å². The van der Waals surface area contributed by atoms with E-state index in [1.807, 2.05) is 13.2 Å². The van der Waals surface area contributed by atoms with Crippen LogP contribution in [0.1, 0.15) is 16.1 Å². The highest BCUT2D eigenvalue weighted by molar-refractivity contribution is 7.98. The van der Waals surface area contributed by atoms with E-state index >= 15 is 0 Å². The van der Waals surface area contributed by atoms with Crippen molar-refractivity contribution in [2.24, 2.45) is 0 Å². The summed E-state index contributed by atoms with van der Waals surface area (Å²) in [6.07, 6.45) is 1.82. The monoisotopic (exact) mass is 264 g/mol. The molecule has 2 N–H and O–H groups in total. The van der Waals surface area contributed by atoms with Crippen molar-refractivity contribution < 1.29 is 14.6 Å². The van der Waals surface area contributed by atoms with Crippen LogP contribution in [0, 0.1) is 6.92 Å². The third-order valence-corrected chi connectivity index (χ3v) is 3.10. The minimum absolute atomic E-state index is 0.158. The Hall–Kier alpha value is -1.95. The first-order valence-corrected chi connectivity index (χ1v) is 6.44. The molecule has 18 heavy (non-hydrogen) atoms. The molecule has 0 aliphatic rings. The lowest BCUT2D eigenvalue weighted by atomic mass is 10.2. The molecule has 1 heterocycles. The number of rotatable bonds is 4. The number of carbonyl (C=O) groups is 1. The van der Waals surface area contributed by atoms with Crippen molar-refractivity contribution in [2.75, 3.05) is 6.26 Å². The van der Waals surface area contributed by atoms with Gasteiger partial charge in [0.2, 0.25) is 5.88 Å². The number of benzene rings is 1. The fourth-order valence-electron chi connectivity index (χ4n) is 1.53. The molecule has 5 nitrogen and oxygen atoms in total. The quantitative estimate of drug-likeness (QED) is 0.830. The first-order chi connectivity index (χ1) is 8.61. The second kappa shape index (κ2) is 5.14. The van der Waals surface area contributed by atoms with E-state index in [0.29, 0.717) is 16.5 Å². The maximum Gasteiger partial charge on any atom is 0.340 e. The maximum atomic E-state index is 11.3. The Morgan fingerprint density at radius 1 is 1.50 bits per heavy atom. The number of carboxylic acid groups (broad SMARTS) is 1. The van der Waals surface area contributed by atoms with Gasteiger partial charge >= 0.3 is 5.97 Å². The Balaban J connectivity index is 2.41. The Morgan fingerprint density at radius 2 is 2.28 bits per heavy atom. The molecule has 0 fully saturated rings. The normalized spacial score (nSPS) is 10.3. The third kappa shape index (κ3) is 2.48. The molecule has 94 valence electrons. The largest absolute Gasteiger partial charge is 0.478 e. The van der Waals surface area contributed by atoms with E-state index in [-0.39, 0.29) is 5.56 Å². The lowest BCUT2D eigenvalue weighted by Gasteiger charge is -2.09. The molecule has 0 saturated heterocycles. The topological polar surface area (TPSA) is 75.2 Å². The number of ether oxygens (including phenoxy) is 1. The lowest BCUT2D eigenvalue weighted by molar-refractivity contribution is 0.0690. The zero-order chi connectivity index (χ0) is 13.1. The van der Waals surface area contributed by atoms with Gasteiger partial charge in [0.05, 0.1) is 0 Å². The Bertz CT molecular complexity index is 580. The molecule has 6 heteroatoms. The minimum Gasteiger partial charge on any atom is -0.478 e. The van der Waals surface area contributed by atoms with Crippen LogP contribution in [-0.4, -0.2) is 27.5 Å². The number of nitrogens with one attached hydrogen (secondary N) is 1. The van der Waals surface area contributed by atoms with Crippen LogP contribution in [0.4, 0.5) is 0 Å². The molecule has 1 aromatic carbocycles. The predicted octanol–water partition coefficient (Wildman–Crippen LogP) is 2.93. The van der Waals surface area contributed by atoms with Crippen LogP contribution in [0.2, 0.25) is 0 Å². The molecule has 0 amide bonds. The van der Waals surface area contributed by atoms with Crippen molar-refractivity contribution in [3.05, 3.63) is 35.5 Å².